The second kappa shape index (κ2) is 7.72. The van der Waals surface area contributed by atoms with Gasteiger partial charge in [0, 0.05) is 32.1 Å². The second-order valence-corrected chi connectivity index (χ2v) is 8.82. The van der Waals surface area contributed by atoms with E-state index in [4.69, 9.17) is 5.26 Å². The number of amides is 1. The van der Waals surface area contributed by atoms with Crippen molar-refractivity contribution in [3.05, 3.63) is 30.1 Å². The van der Waals surface area contributed by atoms with Crippen LogP contribution in [0.1, 0.15) is 25.7 Å². The van der Waals surface area contributed by atoms with Gasteiger partial charge in [-0.25, -0.2) is 12.8 Å². The molecule has 0 bridgehead atoms. The Kier molecular flexibility index (Phi) is 5.58. The molecule has 2 aliphatic rings. The van der Waals surface area contributed by atoms with Crippen LogP contribution in [-0.4, -0.2) is 49.7 Å². The highest BCUT2D eigenvalue weighted by Crippen LogP contribution is 2.26. The average Bonchev–Trinajstić information content (AvgIpc) is 2.68. The number of nitrogens with zero attached hydrogens (tertiary/aromatic N) is 3. The fraction of sp³-hybridized carbons (Fsp3) is 0.556. The van der Waals surface area contributed by atoms with Crippen molar-refractivity contribution in [2.75, 3.05) is 26.2 Å². The summed E-state index contributed by atoms with van der Waals surface area (Å²) in [4.78, 5) is 14.6. The van der Waals surface area contributed by atoms with Gasteiger partial charge in [-0.15, -0.1) is 0 Å². The molecule has 0 saturated carbocycles. The van der Waals surface area contributed by atoms with E-state index >= 15 is 0 Å². The summed E-state index contributed by atoms with van der Waals surface area (Å²) < 4.78 is 39.9. The van der Waals surface area contributed by atoms with Gasteiger partial charge in [-0.2, -0.15) is 9.57 Å². The highest BCUT2D eigenvalue weighted by molar-refractivity contribution is 7.89. The molecule has 2 heterocycles. The fourth-order valence-electron chi connectivity index (χ4n) is 3.61. The van der Waals surface area contributed by atoms with Gasteiger partial charge in [-0.3, -0.25) is 4.79 Å². The average molecular weight is 379 g/mol. The van der Waals surface area contributed by atoms with E-state index in [0.29, 0.717) is 45.3 Å². The number of benzene rings is 1. The van der Waals surface area contributed by atoms with Crippen molar-refractivity contribution >= 4 is 15.9 Å². The van der Waals surface area contributed by atoms with Crippen LogP contribution >= 0.6 is 0 Å². The van der Waals surface area contributed by atoms with Crippen molar-refractivity contribution in [1.82, 2.24) is 9.21 Å². The number of carbonyl (C=O) groups excluding carboxylic acids is 1. The van der Waals surface area contributed by atoms with Crippen LogP contribution in [0, 0.1) is 29.0 Å². The summed E-state index contributed by atoms with van der Waals surface area (Å²) in [6, 6.07) is 6.99. The molecule has 2 saturated heterocycles. The largest absolute Gasteiger partial charge is 0.342 e. The minimum absolute atomic E-state index is 0.000702. The molecule has 1 aromatic carbocycles. The Morgan fingerprint density at radius 3 is 2.38 bits per heavy atom. The maximum absolute atomic E-state index is 13.1. The van der Waals surface area contributed by atoms with Gasteiger partial charge >= 0.3 is 0 Å². The molecular formula is C18H22FN3O3S. The number of hydrogen-bond donors (Lipinski definition) is 0. The van der Waals surface area contributed by atoms with E-state index in [2.05, 4.69) is 6.07 Å². The molecule has 1 amide bonds. The maximum Gasteiger partial charge on any atom is 0.243 e. The summed E-state index contributed by atoms with van der Waals surface area (Å²) in [7, 11) is -3.74. The van der Waals surface area contributed by atoms with Gasteiger partial charge in [0.25, 0.3) is 0 Å². The van der Waals surface area contributed by atoms with Crippen LogP contribution in [0.25, 0.3) is 0 Å². The summed E-state index contributed by atoms with van der Waals surface area (Å²) in [6.45, 7) is 1.62. The van der Waals surface area contributed by atoms with Crippen LogP contribution in [0.3, 0.4) is 0 Å². The van der Waals surface area contributed by atoms with Crippen molar-refractivity contribution in [2.45, 2.75) is 30.6 Å². The Morgan fingerprint density at radius 2 is 1.77 bits per heavy atom. The minimum Gasteiger partial charge on any atom is -0.342 e. The third kappa shape index (κ3) is 3.89. The summed E-state index contributed by atoms with van der Waals surface area (Å²) >= 11 is 0. The Morgan fingerprint density at radius 1 is 1.12 bits per heavy atom. The lowest BCUT2D eigenvalue weighted by atomic mass is 9.94. The first kappa shape index (κ1) is 18.8. The fourth-order valence-corrected chi connectivity index (χ4v) is 5.13. The van der Waals surface area contributed by atoms with E-state index < -0.39 is 15.8 Å². The number of likely N-dealkylation sites (tertiary alicyclic amines) is 1. The lowest BCUT2D eigenvalue weighted by Gasteiger charge is -2.36. The molecule has 0 aliphatic carbocycles. The van der Waals surface area contributed by atoms with E-state index in [1.165, 1.54) is 16.4 Å². The molecule has 3 rings (SSSR count). The Bertz CT molecular complexity index is 796. The molecule has 2 aliphatic heterocycles. The number of carbonyl (C=O) groups is 1. The molecule has 26 heavy (non-hydrogen) atoms. The monoisotopic (exact) mass is 379 g/mol. The van der Waals surface area contributed by atoms with Crippen LogP contribution in [0.2, 0.25) is 0 Å². The Balaban J connectivity index is 1.68. The predicted molar refractivity (Wildman–Crippen MR) is 92.8 cm³/mol. The van der Waals surface area contributed by atoms with Crippen molar-refractivity contribution in [1.29, 1.82) is 5.26 Å². The zero-order chi connectivity index (χ0) is 18.7. The highest BCUT2D eigenvalue weighted by Gasteiger charge is 2.36. The smallest absolute Gasteiger partial charge is 0.243 e. The molecule has 6 nitrogen and oxygen atoms in total. The zero-order valence-electron chi connectivity index (χ0n) is 14.5. The normalized spacial score (nSPS) is 22.8. The molecule has 0 N–H and O–H groups in total. The molecule has 1 unspecified atom stereocenters. The van der Waals surface area contributed by atoms with E-state index in [1.54, 1.807) is 4.90 Å². The van der Waals surface area contributed by atoms with Gasteiger partial charge < -0.3 is 4.90 Å². The van der Waals surface area contributed by atoms with Gasteiger partial charge in [0.2, 0.25) is 15.9 Å². The first-order valence-electron chi connectivity index (χ1n) is 8.86. The number of nitriles is 1. The second-order valence-electron chi connectivity index (χ2n) is 6.88. The molecule has 2 fully saturated rings. The third-order valence-electron chi connectivity index (χ3n) is 5.17. The molecule has 0 radical (unpaired) electrons. The summed E-state index contributed by atoms with van der Waals surface area (Å²) in [5.74, 6) is -0.879. The number of sulfonamides is 1. The number of piperidine rings is 2. The van der Waals surface area contributed by atoms with Gasteiger partial charge in [-0.05, 0) is 49.9 Å². The lowest BCUT2D eigenvalue weighted by Crippen LogP contribution is -2.48. The number of rotatable bonds is 3. The van der Waals surface area contributed by atoms with Gasteiger partial charge in [0.05, 0.1) is 16.9 Å². The number of halogens is 1. The first-order chi connectivity index (χ1) is 12.4. The van der Waals surface area contributed by atoms with Crippen LogP contribution in [0.15, 0.2) is 29.2 Å². The maximum atomic E-state index is 13.1. The SMILES string of the molecule is N#CC1CCN(C(=O)C2CCCN(S(=O)(=O)c3ccc(F)cc3)C2)CC1. The van der Waals surface area contributed by atoms with Gasteiger partial charge in [0.1, 0.15) is 5.82 Å². The van der Waals surface area contributed by atoms with Gasteiger partial charge in [-0.1, -0.05) is 0 Å². The van der Waals surface area contributed by atoms with Crippen molar-refractivity contribution < 1.29 is 17.6 Å². The Labute approximate surface area is 153 Å². The van der Waals surface area contributed by atoms with E-state index in [0.717, 1.165) is 12.1 Å². The molecule has 0 aromatic heterocycles. The standard InChI is InChI=1S/C18H22FN3O3S/c19-16-3-5-17(6-4-16)26(24,25)22-9-1-2-15(13-22)18(23)21-10-7-14(12-20)8-11-21/h3-6,14-15H,1-2,7-11,13H2. The summed E-state index contributed by atoms with van der Waals surface area (Å²) in [5, 5.41) is 8.96. The number of hydrogen-bond acceptors (Lipinski definition) is 4. The lowest BCUT2D eigenvalue weighted by molar-refractivity contribution is -0.137. The molecule has 140 valence electrons. The molecule has 8 heteroatoms. The predicted octanol–water partition coefficient (Wildman–Crippen LogP) is 1.99. The van der Waals surface area contributed by atoms with Gasteiger partial charge in [0.15, 0.2) is 0 Å². The quantitative estimate of drug-likeness (QED) is 0.804. The Hall–Kier alpha value is -1.98. The van der Waals surface area contributed by atoms with Crippen molar-refractivity contribution in [3.63, 3.8) is 0 Å². The first-order valence-corrected chi connectivity index (χ1v) is 10.3. The van der Waals surface area contributed by atoms with Crippen LogP contribution < -0.4 is 0 Å². The topological polar surface area (TPSA) is 81.5 Å². The molecule has 1 atom stereocenters. The van der Waals surface area contributed by atoms with Crippen LogP contribution in [0.5, 0.6) is 0 Å². The van der Waals surface area contributed by atoms with Crippen LogP contribution in [0.4, 0.5) is 4.39 Å². The van der Waals surface area contributed by atoms with Crippen molar-refractivity contribution in [3.8, 4) is 6.07 Å². The molecule has 1 aromatic rings. The van der Waals surface area contributed by atoms with E-state index in [-0.39, 0.29) is 29.2 Å². The molecule has 0 spiro atoms. The summed E-state index contributed by atoms with van der Waals surface area (Å²) in [6.07, 6.45) is 2.62. The summed E-state index contributed by atoms with van der Waals surface area (Å²) in [5.41, 5.74) is 0. The highest BCUT2D eigenvalue weighted by atomic mass is 32.2. The molecular weight excluding hydrogens is 357 g/mol. The zero-order valence-corrected chi connectivity index (χ0v) is 15.3. The minimum atomic E-state index is -3.74. The van der Waals surface area contributed by atoms with E-state index in [9.17, 15) is 17.6 Å². The third-order valence-corrected chi connectivity index (χ3v) is 7.05. The van der Waals surface area contributed by atoms with Crippen molar-refractivity contribution in [2.24, 2.45) is 11.8 Å². The van der Waals surface area contributed by atoms with Crippen LogP contribution in [-0.2, 0) is 14.8 Å². The van der Waals surface area contributed by atoms with E-state index in [1.807, 2.05) is 0 Å².